The molecular weight excluding hydrogens is 314 g/mol. The van der Waals surface area contributed by atoms with Gasteiger partial charge in [0.25, 0.3) is 5.78 Å². The summed E-state index contributed by atoms with van der Waals surface area (Å²) in [5.74, 6) is 0.685. The highest BCUT2D eigenvalue weighted by Crippen LogP contribution is 2.30. The van der Waals surface area contributed by atoms with Crippen molar-refractivity contribution in [3.05, 3.63) is 58.7 Å². The summed E-state index contributed by atoms with van der Waals surface area (Å²) in [6.45, 7) is 3.96. The molecule has 128 valence electrons. The molecule has 0 saturated heterocycles. The van der Waals surface area contributed by atoms with Gasteiger partial charge in [-0.1, -0.05) is 24.3 Å². The first-order chi connectivity index (χ1) is 12.1. The number of fused-ring (bicyclic) bond motifs is 2. The predicted octanol–water partition coefficient (Wildman–Crippen LogP) is 2.48. The number of carbonyl (C=O) groups is 1. The summed E-state index contributed by atoms with van der Waals surface area (Å²) in [6.07, 6.45) is 4.62. The van der Waals surface area contributed by atoms with Crippen molar-refractivity contribution in [1.82, 2.24) is 24.9 Å². The van der Waals surface area contributed by atoms with Crippen molar-refractivity contribution >= 4 is 11.7 Å². The van der Waals surface area contributed by atoms with Crippen molar-refractivity contribution in [3.63, 3.8) is 0 Å². The smallest absolute Gasteiger partial charge is 0.252 e. The Morgan fingerprint density at radius 2 is 2.16 bits per heavy atom. The van der Waals surface area contributed by atoms with E-state index < -0.39 is 0 Å². The summed E-state index contributed by atoms with van der Waals surface area (Å²) in [4.78, 5) is 21.0. The molecule has 4 rings (SSSR count). The highest BCUT2D eigenvalue weighted by atomic mass is 16.1. The van der Waals surface area contributed by atoms with Gasteiger partial charge in [-0.25, -0.2) is 9.50 Å². The number of benzene rings is 1. The molecule has 1 aliphatic rings. The average molecular weight is 335 g/mol. The predicted molar refractivity (Wildman–Crippen MR) is 94.2 cm³/mol. The average Bonchev–Trinajstić information content (AvgIpc) is 3.22. The number of hydrogen-bond donors (Lipinski definition) is 1. The lowest BCUT2D eigenvalue weighted by atomic mass is 10.1. The van der Waals surface area contributed by atoms with E-state index in [1.54, 1.807) is 4.52 Å². The lowest BCUT2D eigenvalue weighted by Crippen LogP contribution is -2.27. The van der Waals surface area contributed by atoms with Gasteiger partial charge in [0.2, 0.25) is 5.91 Å². The number of hydrogen-bond acceptors (Lipinski definition) is 4. The molecule has 2 aromatic heterocycles. The fourth-order valence-electron chi connectivity index (χ4n) is 3.73. The van der Waals surface area contributed by atoms with Gasteiger partial charge in [0.1, 0.15) is 6.33 Å². The van der Waals surface area contributed by atoms with Gasteiger partial charge in [0, 0.05) is 17.8 Å². The largest absolute Gasteiger partial charge is 0.349 e. The lowest BCUT2D eigenvalue weighted by Gasteiger charge is -2.15. The minimum Gasteiger partial charge on any atom is -0.349 e. The first kappa shape index (κ1) is 15.7. The Bertz CT molecular complexity index is 946. The maximum Gasteiger partial charge on any atom is 0.252 e. The highest BCUT2D eigenvalue weighted by Gasteiger charge is 2.23. The Labute approximate surface area is 146 Å². The van der Waals surface area contributed by atoms with Crippen molar-refractivity contribution in [2.75, 3.05) is 0 Å². The third kappa shape index (κ3) is 2.88. The van der Waals surface area contributed by atoms with Gasteiger partial charge < -0.3 is 5.32 Å². The van der Waals surface area contributed by atoms with Crippen molar-refractivity contribution < 1.29 is 4.79 Å². The van der Waals surface area contributed by atoms with Crippen LogP contribution in [0.1, 0.15) is 47.0 Å². The van der Waals surface area contributed by atoms with Crippen LogP contribution in [0.4, 0.5) is 0 Å². The van der Waals surface area contributed by atoms with Crippen LogP contribution >= 0.6 is 0 Å². The normalized spacial score (nSPS) is 16.2. The number of carbonyl (C=O) groups excluding carboxylic acids is 1. The third-order valence-corrected chi connectivity index (χ3v) is 5.06. The molecule has 1 amide bonds. The molecule has 25 heavy (non-hydrogen) atoms. The molecule has 0 radical (unpaired) electrons. The summed E-state index contributed by atoms with van der Waals surface area (Å²) in [7, 11) is 0. The topological polar surface area (TPSA) is 72.2 Å². The summed E-state index contributed by atoms with van der Waals surface area (Å²) in [5, 5.41) is 7.38. The van der Waals surface area contributed by atoms with Crippen molar-refractivity contribution in [2.45, 2.75) is 45.6 Å². The van der Waals surface area contributed by atoms with E-state index in [0.29, 0.717) is 18.6 Å². The number of nitrogens with one attached hydrogen (secondary N) is 1. The molecule has 0 aliphatic heterocycles. The second-order valence-corrected chi connectivity index (χ2v) is 6.59. The monoisotopic (exact) mass is 335 g/mol. The standard InChI is InChI=1S/C19H21N5O/c1-12-15(13(2)24-19(22-12)20-11-21-24)8-10-18(25)23-17-9-7-14-5-3-4-6-16(14)17/h3-6,11,17H,7-10H2,1-2H3,(H,23,25)/t17-/m0/s1. The lowest BCUT2D eigenvalue weighted by molar-refractivity contribution is -0.121. The minimum absolute atomic E-state index is 0.0826. The van der Waals surface area contributed by atoms with Crippen molar-refractivity contribution in [1.29, 1.82) is 0 Å². The van der Waals surface area contributed by atoms with Gasteiger partial charge >= 0.3 is 0 Å². The molecule has 1 atom stereocenters. The molecule has 2 heterocycles. The van der Waals surface area contributed by atoms with E-state index >= 15 is 0 Å². The van der Waals surface area contributed by atoms with Crippen LogP contribution in [-0.4, -0.2) is 25.5 Å². The van der Waals surface area contributed by atoms with Crippen LogP contribution in [-0.2, 0) is 17.6 Å². The first-order valence-corrected chi connectivity index (χ1v) is 8.66. The Hall–Kier alpha value is -2.76. The summed E-state index contributed by atoms with van der Waals surface area (Å²) in [6, 6.07) is 8.50. The first-order valence-electron chi connectivity index (χ1n) is 8.66. The van der Waals surface area contributed by atoms with E-state index in [1.165, 1.54) is 17.5 Å². The second kappa shape index (κ2) is 6.27. The molecule has 1 aromatic carbocycles. The van der Waals surface area contributed by atoms with Gasteiger partial charge in [-0.2, -0.15) is 10.1 Å². The molecule has 0 bridgehead atoms. The molecule has 0 saturated carbocycles. The maximum atomic E-state index is 12.5. The Morgan fingerprint density at radius 1 is 1.32 bits per heavy atom. The van der Waals surface area contributed by atoms with Gasteiger partial charge in [-0.15, -0.1) is 0 Å². The summed E-state index contributed by atoms with van der Waals surface area (Å²) in [5.41, 5.74) is 5.59. The van der Waals surface area contributed by atoms with Crippen molar-refractivity contribution in [2.24, 2.45) is 0 Å². The minimum atomic E-state index is 0.0826. The van der Waals surface area contributed by atoms with Crippen LogP contribution < -0.4 is 5.32 Å². The van der Waals surface area contributed by atoms with Gasteiger partial charge in [0.15, 0.2) is 0 Å². The molecule has 6 nitrogen and oxygen atoms in total. The maximum absolute atomic E-state index is 12.5. The van der Waals surface area contributed by atoms with Gasteiger partial charge in [-0.3, -0.25) is 4.79 Å². The molecular formula is C19H21N5O. The molecule has 0 fully saturated rings. The number of nitrogens with zero attached hydrogens (tertiary/aromatic N) is 4. The molecule has 1 N–H and O–H groups in total. The van der Waals surface area contributed by atoms with E-state index in [-0.39, 0.29) is 11.9 Å². The molecule has 0 spiro atoms. The quantitative estimate of drug-likeness (QED) is 0.795. The van der Waals surface area contributed by atoms with Crippen LogP contribution in [0.2, 0.25) is 0 Å². The highest BCUT2D eigenvalue weighted by molar-refractivity contribution is 5.77. The van der Waals surface area contributed by atoms with E-state index in [2.05, 4.69) is 38.6 Å². The zero-order valence-corrected chi connectivity index (χ0v) is 14.5. The Morgan fingerprint density at radius 3 is 3.04 bits per heavy atom. The number of aryl methyl sites for hydroxylation is 3. The zero-order valence-electron chi connectivity index (χ0n) is 14.5. The second-order valence-electron chi connectivity index (χ2n) is 6.59. The third-order valence-electron chi connectivity index (χ3n) is 5.06. The van der Waals surface area contributed by atoms with E-state index in [9.17, 15) is 4.79 Å². The molecule has 6 heteroatoms. The summed E-state index contributed by atoms with van der Waals surface area (Å²) >= 11 is 0. The van der Waals surface area contributed by atoms with Crippen LogP contribution in [0, 0.1) is 13.8 Å². The molecule has 1 aliphatic carbocycles. The number of rotatable bonds is 4. The van der Waals surface area contributed by atoms with Gasteiger partial charge in [0.05, 0.1) is 6.04 Å². The molecule has 0 unspecified atom stereocenters. The van der Waals surface area contributed by atoms with Crippen LogP contribution in [0.25, 0.3) is 5.78 Å². The van der Waals surface area contributed by atoms with E-state index in [0.717, 1.165) is 29.8 Å². The van der Waals surface area contributed by atoms with Crippen LogP contribution in [0.5, 0.6) is 0 Å². The number of amides is 1. The zero-order chi connectivity index (χ0) is 17.4. The fourth-order valence-corrected chi connectivity index (χ4v) is 3.73. The van der Waals surface area contributed by atoms with Gasteiger partial charge in [-0.05, 0) is 49.8 Å². The Kier molecular flexibility index (Phi) is 3.95. The summed E-state index contributed by atoms with van der Waals surface area (Å²) < 4.78 is 1.73. The molecule has 3 aromatic rings. The van der Waals surface area contributed by atoms with Crippen LogP contribution in [0.3, 0.4) is 0 Å². The van der Waals surface area contributed by atoms with E-state index in [4.69, 9.17) is 0 Å². The Balaban J connectivity index is 1.45. The van der Waals surface area contributed by atoms with E-state index in [1.807, 2.05) is 19.9 Å². The van der Waals surface area contributed by atoms with Crippen LogP contribution in [0.15, 0.2) is 30.6 Å². The number of aromatic nitrogens is 4. The van der Waals surface area contributed by atoms with Crippen molar-refractivity contribution in [3.8, 4) is 0 Å². The SMILES string of the molecule is Cc1nc2ncnn2c(C)c1CCC(=O)N[C@H]1CCc2ccccc21. The fraction of sp³-hybridized carbons (Fsp3) is 0.368.